The molecular weight excluding hydrogens is 376 g/mol. The molecule has 0 aliphatic rings. The molecule has 1 aromatic rings. The zero-order chi connectivity index (χ0) is 13.7. The second-order valence-electron chi connectivity index (χ2n) is 2.57. The summed E-state index contributed by atoms with van der Waals surface area (Å²) in [6.07, 6.45) is 0. The molecule has 4 nitrogen and oxygen atoms in total. The van der Waals surface area contributed by atoms with Crippen LogP contribution in [0.4, 0.5) is 13.2 Å². The molecule has 0 atom stereocenters. The van der Waals surface area contributed by atoms with Gasteiger partial charge in [0.2, 0.25) is 0 Å². The van der Waals surface area contributed by atoms with Gasteiger partial charge in [-0.3, -0.25) is 0 Å². The summed E-state index contributed by atoms with van der Waals surface area (Å²) in [4.78, 5) is 2.20. The van der Waals surface area contributed by atoms with Crippen LogP contribution in [0.5, 0.6) is 5.75 Å². The molecule has 1 N–H and O–H groups in total. The zero-order valence-corrected chi connectivity index (χ0v) is 11.4. The summed E-state index contributed by atoms with van der Waals surface area (Å²) in [5, 5.41) is 8.86. The molecule has 0 bridgehead atoms. The Morgan fingerprint density at radius 1 is 1.24 bits per heavy atom. The van der Waals surface area contributed by atoms with Crippen LogP contribution in [0.15, 0.2) is 24.3 Å². The van der Waals surface area contributed by atoms with E-state index in [1.165, 1.54) is 3.57 Å². The molecule has 0 aliphatic heterocycles. The van der Waals surface area contributed by atoms with Gasteiger partial charge in [-0.15, -0.1) is 0 Å². The lowest BCUT2D eigenvalue weighted by Crippen LogP contribution is -3.60. The summed E-state index contributed by atoms with van der Waals surface area (Å²) in [6, 6.07) is 7.42. The SMILES string of the molecule is C[I+]c1ccc(O)cc1.O=S(=O)([O-])C(F)(F)F. The van der Waals surface area contributed by atoms with Crippen LogP contribution in [0, 0.1) is 3.57 Å². The van der Waals surface area contributed by atoms with Crippen LogP contribution >= 0.6 is 0 Å². The summed E-state index contributed by atoms with van der Waals surface area (Å²) >= 11 is 0.185. The molecule has 0 unspecified atom stereocenters. The van der Waals surface area contributed by atoms with Crippen molar-refractivity contribution in [2.75, 3.05) is 4.93 Å². The molecule has 1 aromatic carbocycles. The van der Waals surface area contributed by atoms with E-state index in [0.717, 1.165) is 0 Å². The first-order valence-electron chi connectivity index (χ1n) is 3.88. The predicted molar refractivity (Wildman–Crippen MR) is 48.5 cm³/mol. The number of halogens is 4. The van der Waals surface area contributed by atoms with E-state index in [1.54, 1.807) is 12.1 Å². The molecule has 9 heteroatoms. The smallest absolute Gasteiger partial charge is 0.485 e. The largest absolute Gasteiger partial charge is 0.741 e. The van der Waals surface area contributed by atoms with Gasteiger partial charge in [0, 0.05) is 0 Å². The lowest BCUT2D eigenvalue weighted by Gasteiger charge is -2.08. The molecule has 1 rings (SSSR count). The fraction of sp³-hybridized carbons (Fsp3) is 0.250. The quantitative estimate of drug-likeness (QED) is 0.272. The monoisotopic (exact) mass is 384 g/mol. The van der Waals surface area contributed by atoms with Crippen molar-refractivity contribution in [2.45, 2.75) is 5.51 Å². The molecule has 0 aliphatic carbocycles. The van der Waals surface area contributed by atoms with Crippen molar-refractivity contribution in [1.29, 1.82) is 0 Å². The van der Waals surface area contributed by atoms with Crippen molar-refractivity contribution >= 4 is 10.1 Å². The van der Waals surface area contributed by atoms with Crippen LogP contribution in [-0.2, 0) is 10.1 Å². The third kappa shape index (κ3) is 6.68. The fourth-order valence-electron chi connectivity index (χ4n) is 0.567. The summed E-state index contributed by atoms with van der Waals surface area (Å²) in [6.45, 7) is 0. The number of rotatable bonds is 1. The molecule has 0 fully saturated rings. The Balaban J connectivity index is 0.000000304. The van der Waals surface area contributed by atoms with Crippen molar-refractivity contribution in [3.8, 4) is 5.75 Å². The Bertz CT molecular complexity index is 441. The Hall–Kier alpha value is -0.550. The average molecular weight is 384 g/mol. The van der Waals surface area contributed by atoms with Crippen molar-refractivity contribution in [1.82, 2.24) is 0 Å². The highest BCUT2D eigenvalue weighted by molar-refractivity contribution is 7.86. The first kappa shape index (κ1) is 16.4. The van der Waals surface area contributed by atoms with Gasteiger partial charge in [-0.25, -0.2) is 8.42 Å². The minimum absolute atomic E-state index is 0.185. The fourth-order valence-corrected chi connectivity index (χ4v) is 1.65. The zero-order valence-electron chi connectivity index (χ0n) is 8.40. The summed E-state index contributed by atoms with van der Waals surface area (Å²) < 4.78 is 60.3. The lowest BCUT2D eigenvalue weighted by atomic mass is 10.3. The number of phenolic OH excluding ortho intramolecular Hbond substituents is 1. The number of hydrogen-bond donors (Lipinski definition) is 1. The van der Waals surface area contributed by atoms with Gasteiger partial charge in [-0.05, 0) is 24.3 Å². The van der Waals surface area contributed by atoms with Gasteiger partial charge in [0.05, 0.1) is 0 Å². The third-order valence-corrected chi connectivity index (χ3v) is 3.86. The molecule has 98 valence electrons. The van der Waals surface area contributed by atoms with E-state index < -0.39 is 15.6 Å². The molecule has 0 amide bonds. The number of alkyl halides is 4. The van der Waals surface area contributed by atoms with Gasteiger partial charge in [0.25, 0.3) is 0 Å². The van der Waals surface area contributed by atoms with E-state index in [0.29, 0.717) is 5.75 Å². The van der Waals surface area contributed by atoms with E-state index in [9.17, 15) is 13.2 Å². The highest BCUT2D eigenvalue weighted by atomic mass is 127. The second-order valence-corrected chi connectivity index (χ2v) is 6.26. The van der Waals surface area contributed by atoms with E-state index in [2.05, 4.69) is 4.93 Å². The average Bonchev–Trinajstić information content (AvgIpc) is 2.17. The number of aromatic hydroxyl groups is 1. The molecular formula is C8H8F3IO4S. The molecule has 0 aromatic heterocycles. The Morgan fingerprint density at radius 3 is 1.82 bits per heavy atom. The Labute approximate surface area is 106 Å². The molecule has 0 saturated heterocycles. The molecule has 0 heterocycles. The van der Waals surface area contributed by atoms with Gasteiger partial charge in [0.15, 0.2) is 13.7 Å². The maximum absolute atomic E-state index is 10.7. The van der Waals surface area contributed by atoms with Gasteiger partial charge >= 0.3 is 26.7 Å². The van der Waals surface area contributed by atoms with Crippen molar-refractivity contribution < 1.29 is 52.5 Å². The highest BCUT2D eigenvalue weighted by Crippen LogP contribution is 2.20. The van der Waals surface area contributed by atoms with Gasteiger partial charge in [-0.2, -0.15) is 13.2 Å². The maximum Gasteiger partial charge on any atom is 0.485 e. The Morgan fingerprint density at radius 2 is 1.59 bits per heavy atom. The predicted octanol–water partition coefficient (Wildman–Crippen LogP) is -1.67. The van der Waals surface area contributed by atoms with Crippen LogP contribution in [0.2, 0.25) is 0 Å². The van der Waals surface area contributed by atoms with Crippen molar-refractivity contribution in [2.24, 2.45) is 0 Å². The number of phenols is 1. The lowest BCUT2D eigenvalue weighted by molar-refractivity contribution is -0.597. The first-order valence-corrected chi connectivity index (χ1v) is 8.53. The summed E-state index contributed by atoms with van der Waals surface area (Å²) in [5.74, 6) is 0.358. The van der Waals surface area contributed by atoms with E-state index in [-0.39, 0.29) is 21.2 Å². The molecule has 0 radical (unpaired) electrons. The maximum atomic E-state index is 10.7. The molecule has 17 heavy (non-hydrogen) atoms. The van der Waals surface area contributed by atoms with Crippen LogP contribution in [0.3, 0.4) is 0 Å². The molecule has 0 spiro atoms. The third-order valence-electron chi connectivity index (χ3n) is 1.33. The van der Waals surface area contributed by atoms with E-state index >= 15 is 0 Å². The summed E-state index contributed by atoms with van der Waals surface area (Å²) in [5.41, 5.74) is -5.65. The van der Waals surface area contributed by atoms with Gasteiger partial charge < -0.3 is 9.66 Å². The van der Waals surface area contributed by atoms with E-state index in [4.69, 9.17) is 18.1 Å². The van der Waals surface area contributed by atoms with Gasteiger partial charge in [0.1, 0.15) is 10.7 Å². The van der Waals surface area contributed by atoms with Gasteiger partial charge in [-0.1, -0.05) is 0 Å². The second kappa shape index (κ2) is 6.40. The van der Waals surface area contributed by atoms with Crippen LogP contribution in [0.25, 0.3) is 0 Å². The molecule has 0 saturated carbocycles. The van der Waals surface area contributed by atoms with Crippen LogP contribution in [-0.4, -0.2) is 28.5 Å². The standard InChI is InChI=1S/C7H7IO.CHF3O3S/c1-8-6-2-4-7(9)5-3-6;2-1(3,4)8(5,6)7/h2-5H,1H3;(H,5,6,7). The van der Waals surface area contributed by atoms with E-state index in [1.807, 2.05) is 12.1 Å². The van der Waals surface area contributed by atoms with Crippen LogP contribution in [0.1, 0.15) is 0 Å². The normalized spacial score (nSPS) is 11.6. The first-order chi connectivity index (χ1) is 7.58. The van der Waals surface area contributed by atoms with Crippen LogP contribution < -0.4 is 21.2 Å². The highest BCUT2D eigenvalue weighted by Gasteiger charge is 2.36. The van der Waals surface area contributed by atoms with Crippen molar-refractivity contribution in [3.63, 3.8) is 0 Å². The topological polar surface area (TPSA) is 77.4 Å². The number of hydrogen-bond acceptors (Lipinski definition) is 4. The number of benzene rings is 1. The van der Waals surface area contributed by atoms with Crippen molar-refractivity contribution in [3.05, 3.63) is 27.8 Å². The minimum Gasteiger partial charge on any atom is -0.741 e. The summed E-state index contributed by atoms with van der Waals surface area (Å²) in [7, 11) is -6.09. The minimum atomic E-state index is -6.09. The Kier molecular flexibility index (Phi) is 6.19.